The molecule has 0 aliphatic carbocycles. The maximum atomic E-state index is 4.93. The molecule has 9 aromatic rings. The summed E-state index contributed by atoms with van der Waals surface area (Å²) >= 11 is 0. The highest BCUT2D eigenvalue weighted by molar-refractivity contribution is 6.14. The number of nitrogens with zero attached hydrogens (tertiary/aromatic N) is 3. The third-order valence-electron chi connectivity index (χ3n) is 8.66. The van der Waals surface area contributed by atoms with Gasteiger partial charge in [-0.25, -0.2) is 0 Å². The quantitative estimate of drug-likeness (QED) is 0.220. The number of fused-ring (bicyclic) bond motifs is 6. The van der Waals surface area contributed by atoms with Gasteiger partial charge in [0.25, 0.3) is 0 Å². The molecule has 9 rings (SSSR count). The van der Waals surface area contributed by atoms with Crippen molar-refractivity contribution in [2.24, 2.45) is 0 Å². The Bertz CT molecular complexity index is 2500. The van der Waals surface area contributed by atoms with Gasteiger partial charge in [0.05, 0.1) is 11.0 Å². The lowest BCUT2D eigenvalue weighted by molar-refractivity contribution is 0.977. The highest BCUT2D eigenvalue weighted by atomic mass is 15.2. The van der Waals surface area contributed by atoms with Crippen LogP contribution in [0.2, 0.25) is 0 Å². The molecule has 0 aliphatic heterocycles. The van der Waals surface area contributed by atoms with E-state index in [9.17, 15) is 0 Å². The normalized spacial score (nSPS) is 11.7. The first-order chi connectivity index (χ1) is 21.3. The second-order valence-corrected chi connectivity index (χ2v) is 11.1. The minimum Gasteiger partial charge on any atom is -0.292 e. The Hall–Kier alpha value is -5.80. The van der Waals surface area contributed by atoms with Crippen molar-refractivity contribution in [1.82, 2.24) is 14.8 Å². The van der Waals surface area contributed by atoms with Gasteiger partial charge in [0, 0.05) is 27.1 Å². The lowest BCUT2D eigenvalue weighted by atomic mass is 9.98. The van der Waals surface area contributed by atoms with Crippen LogP contribution in [0.25, 0.3) is 82.3 Å². The predicted molar refractivity (Wildman–Crippen MR) is 180 cm³/mol. The molecule has 0 aliphatic rings. The Morgan fingerprint density at radius 3 is 1.72 bits per heavy atom. The average Bonchev–Trinajstić information content (AvgIpc) is 3.39. The highest BCUT2D eigenvalue weighted by Crippen LogP contribution is 2.37. The minimum absolute atomic E-state index is 0.841. The summed E-state index contributed by atoms with van der Waals surface area (Å²) in [5.41, 5.74) is 6.58. The molecule has 0 N–H and O–H groups in total. The van der Waals surface area contributed by atoms with E-state index in [1.54, 1.807) is 0 Å². The van der Waals surface area contributed by atoms with E-state index in [-0.39, 0.29) is 0 Å². The summed E-state index contributed by atoms with van der Waals surface area (Å²) in [5, 5.41) is 19.3. The SMILES string of the molecule is c1ccc2cc(-c3ccc(-c4nnc(-n5c6ccccc6c6cc7ccccc7cc65)c5ccccc45)cc3)ccc2c1. The molecule has 3 heteroatoms. The second kappa shape index (κ2) is 9.37. The van der Waals surface area contributed by atoms with Crippen LogP contribution in [-0.2, 0) is 0 Å². The molecule has 2 aromatic heterocycles. The van der Waals surface area contributed by atoms with Crippen LogP contribution in [-0.4, -0.2) is 14.8 Å². The fourth-order valence-electron chi connectivity index (χ4n) is 6.54. The van der Waals surface area contributed by atoms with Crippen molar-refractivity contribution in [3.05, 3.63) is 152 Å². The summed E-state index contributed by atoms with van der Waals surface area (Å²) in [6.45, 7) is 0. The van der Waals surface area contributed by atoms with Crippen molar-refractivity contribution in [3.63, 3.8) is 0 Å². The average molecular weight is 548 g/mol. The smallest absolute Gasteiger partial charge is 0.168 e. The summed E-state index contributed by atoms with van der Waals surface area (Å²) in [6, 6.07) is 54.0. The molecule has 0 spiro atoms. The van der Waals surface area contributed by atoms with Gasteiger partial charge in [0.15, 0.2) is 5.82 Å². The number of rotatable bonds is 3. The van der Waals surface area contributed by atoms with Crippen LogP contribution in [0.1, 0.15) is 0 Å². The lowest BCUT2D eigenvalue weighted by Crippen LogP contribution is -2.02. The fraction of sp³-hybridized carbons (Fsp3) is 0. The molecule has 3 nitrogen and oxygen atoms in total. The van der Waals surface area contributed by atoms with E-state index in [2.05, 4.69) is 156 Å². The molecule has 0 unspecified atom stereocenters. The molecule has 7 aromatic carbocycles. The minimum atomic E-state index is 0.841. The van der Waals surface area contributed by atoms with E-state index in [1.165, 1.54) is 43.4 Å². The highest BCUT2D eigenvalue weighted by Gasteiger charge is 2.18. The molecule has 0 saturated carbocycles. The van der Waals surface area contributed by atoms with Crippen LogP contribution in [0.5, 0.6) is 0 Å². The Morgan fingerprint density at radius 1 is 0.349 bits per heavy atom. The van der Waals surface area contributed by atoms with E-state index >= 15 is 0 Å². The molecule has 0 atom stereocenters. The first-order valence-corrected chi connectivity index (χ1v) is 14.6. The van der Waals surface area contributed by atoms with Gasteiger partial charge in [-0.2, -0.15) is 0 Å². The Labute approximate surface area is 248 Å². The molecule has 0 bridgehead atoms. The van der Waals surface area contributed by atoms with Gasteiger partial charge in [-0.15, -0.1) is 10.2 Å². The van der Waals surface area contributed by atoms with E-state index in [0.717, 1.165) is 38.9 Å². The van der Waals surface area contributed by atoms with E-state index < -0.39 is 0 Å². The first-order valence-electron chi connectivity index (χ1n) is 14.6. The van der Waals surface area contributed by atoms with Crippen LogP contribution >= 0.6 is 0 Å². The largest absolute Gasteiger partial charge is 0.292 e. The number of benzene rings is 7. The number of hydrogen-bond donors (Lipinski definition) is 0. The van der Waals surface area contributed by atoms with Crippen molar-refractivity contribution in [2.45, 2.75) is 0 Å². The van der Waals surface area contributed by atoms with Gasteiger partial charge >= 0.3 is 0 Å². The van der Waals surface area contributed by atoms with Gasteiger partial charge in [-0.05, 0) is 56.9 Å². The standard InChI is InChI=1S/C40H25N3/c1-2-10-29-23-32(22-19-26(29)9-1)27-17-20-28(21-18-27)39-34-14-5-6-15-35(34)40(42-41-39)43-37-16-8-7-13-33(37)36-24-30-11-3-4-12-31(30)25-38(36)43/h1-25H. The molecular weight excluding hydrogens is 522 g/mol. The van der Waals surface area contributed by atoms with Crippen molar-refractivity contribution >= 4 is 54.1 Å². The number of para-hydroxylation sites is 1. The van der Waals surface area contributed by atoms with Crippen LogP contribution in [0.15, 0.2) is 152 Å². The van der Waals surface area contributed by atoms with Gasteiger partial charge < -0.3 is 0 Å². The Morgan fingerprint density at radius 2 is 0.930 bits per heavy atom. The first kappa shape index (κ1) is 23.9. The monoisotopic (exact) mass is 547 g/mol. The topological polar surface area (TPSA) is 30.7 Å². The predicted octanol–water partition coefficient (Wildman–Crippen LogP) is 10.4. The van der Waals surface area contributed by atoms with E-state index in [0.29, 0.717) is 0 Å². The molecule has 0 saturated heterocycles. The zero-order chi connectivity index (χ0) is 28.3. The van der Waals surface area contributed by atoms with Crippen molar-refractivity contribution in [1.29, 1.82) is 0 Å². The zero-order valence-electron chi connectivity index (χ0n) is 23.3. The van der Waals surface area contributed by atoms with Gasteiger partial charge in [-0.1, -0.05) is 127 Å². The molecule has 2 heterocycles. The van der Waals surface area contributed by atoms with E-state index in [1.807, 2.05) is 0 Å². The van der Waals surface area contributed by atoms with E-state index in [4.69, 9.17) is 10.2 Å². The van der Waals surface area contributed by atoms with Crippen molar-refractivity contribution < 1.29 is 0 Å². The third kappa shape index (κ3) is 3.75. The zero-order valence-corrected chi connectivity index (χ0v) is 23.3. The summed E-state index contributed by atoms with van der Waals surface area (Å²) in [4.78, 5) is 0. The fourth-order valence-corrected chi connectivity index (χ4v) is 6.54. The summed E-state index contributed by atoms with van der Waals surface area (Å²) in [6.07, 6.45) is 0. The lowest BCUT2D eigenvalue weighted by Gasteiger charge is -2.13. The van der Waals surface area contributed by atoms with Crippen LogP contribution < -0.4 is 0 Å². The van der Waals surface area contributed by atoms with Crippen molar-refractivity contribution in [3.8, 4) is 28.2 Å². The van der Waals surface area contributed by atoms with Crippen LogP contribution in [0, 0.1) is 0 Å². The summed E-state index contributed by atoms with van der Waals surface area (Å²) in [7, 11) is 0. The molecule has 200 valence electrons. The van der Waals surface area contributed by atoms with Crippen LogP contribution in [0.3, 0.4) is 0 Å². The second-order valence-electron chi connectivity index (χ2n) is 11.1. The molecule has 0 amide bonds. The summed E-state index contributed by atoms with van der Waals surface area (Å²) < 4.78 is 2.28. The van der Waals surface area contributed by atoms with Crippen LogP contribution in [0.4, 0.5) is 0 Å². The third-order valence-corrected chi connectivity index (χ3v) is 8.66. The number of hydrogen-bond acceptors (Lipinski definition) is 2. The maximum absolute atomic E-state index is 4.93. The molecule has 43 heavy (non-hydrogen) atoms. The summed E-state index contributed by atoms with van der Waals surface area (Å²) in [5.74, 6) is 0.841. The maximum Gasteiger partial charge on any atom is 0.168 e. The Kier molecular flexibility index (Phi) is 5.20. The molecular formula is C40H25N3. The van der Waals surface area contributed by atoms with Gasteiger partial charge in [-0.3, -0.25) is 4.57 Å². The van der Waals surface area contributed by atoms with Gasteiger partial charge in [0.2, 0.25) is 0 Å². The molecule has 0 fully saturated rings. The van der Waals surface area contributed by atoms with Gasteiger partial charge in [0.1, 0.15) is 5.69 Å². The molecule has 0 radical (unpaired) electrons. The Balaban J connectivity index is 1.21. The van der Waals surface area contributed by atoms with Crippen molar-refractivity contribution in [2.75, 3.05) is 0 Å². The number of aromatic nitrogens is 3.